The van der Waals surface area contributed by atoms with Gasteiger partial charge in [-0.15, -0.1) is 0 Å². The summed E-state index contributed by atoms with van der Waals surface area (Å²) in [6.45, 7) is 4.77. The lowest BCUT2D eigenvalue weighted by Crippen LogP contribution is -2.04. The molecule has 0 aliphatic heterocycles. The fourth-order valence-electron chi connectivity index (χ4n) is 1.63. The number of rotatable bonds is 5. The maximum atomic E-state index is 13.7. The molecule has 0 aliphatic carbocycles. The van der Waals surface area contributed by atoms with Crippen LogP contribution in [0.4, 0.5) is 21.7 Å². The molecule has 1 aromatic heterocycles. The van der Waals surface area contributed by atoms with E-state index in [1.165, 1.54) is 12.4 Å². The first kappa shape index (κ1) is 13.3. The van der Waals surface area contributed by atoms with Crippen molar-refractivity contribution in [1.29, 1.82) is 0 Å². The Morgan fingerprint density at radius 2 is 1.95 bits per heavy atom. The van der Waals surface area contributed by atoms with E-state index in [1.807, 2.05) is 13.0 Å². The van der Waals surface area contributed by atoms with Gasteiger partial charge in [-0.05, 0) is 31.0 Å². The molecule has 100 valence electrons. The topological polar surface area (TPSA) is 49.8 Å². The fourth-order valence-corrected chi connectivity index (χ4v) is 1.63. The van der Waals surface area contributed by atoms with Gasteiger partial charge in [0.15, 0.2) is 0 Å². The van der Waals surface area contributed by atoms with E-state index in [1.54, 1.807) is 12.1 Å². The molecule has 0 spiro atoms. The molecule has 0 atom stereocenters. The highest BCUT2D eigenvalue weighted by atomic mass is 19.1. The summed E-state index contributed by atoms with van der Waals surface area (Å²) in [6.07, 6.45) is 2.46. The molecule has 1 aromatic carbocycles. The number of hydrogen-bond donors (Lipinski definition) is 2. The standard InChI is InChI=1S/C14H17FN4/c1-3-6-16-13-8-14(18-9-17-13)19-12-5-4-10(2)7-11(12)15/h4-5,7-9H,3,6H2,1-2H3,(H2,16,17,18,19). The summed E-state index contributed by atoms with van der Waals surface area (Å²) >= 11 is 0. The molecule has 19 heavy (non-hydrogen) atoms. The van der Waals surface area contributed by atoms with Crippen LogP contribution in [-0.2, 0) is 0 Å². The maximum absolute atomic E-state index is 13.7. The lowest BCUT2D eigenvalue weighted by atomic mass is 10.2. The van der Waals surface area contributed by atoms with Gasteiger partial charge in [-0.2, -0.15) is 0 Å². The molecule has 0 unspecified atom stereocenters. The zero-order valence-corrected chi connectivity index (χ0v) is 11.1. The third kappa shape index (κ3) is 3.64. The molecule has 2 rings (SSSR count). The van der Waals surface area contributed by atoms with E-state index in [0.29, 0.717) is 11.5 Å². The Balaban J connectivity index is 2.14. The Labute approximate surface area is 112 Å². The highest BCUT2D eigenvalue weighted by Gasteiger charge is 2.04. The van der Waals surface area contributed by atoms with Crippen LogP contribution in [0.15, 0.2) is 30.6 Å². The number of nitrogens with one attached hydrogen (secondary N) is 2. The molecule has 5 heteroatoms. The molecule has 0 bridgehead atoms. The van der Waals surface area contributed by atoms with E-state index in [4.69, 9.17) is 0 Å². The van der Waals surface area contributed by atoms with Crippen molar-refractivity contribution in [3.63, 3.8) is 0 Å². The molecular weight excluding hydrogens is 243 g/mol. The number of aryl methyl sites for hydroxylation is 1. The first-order chi connectivity index (χ1) is 9.19. The van der Waals surface area contributed by atoms with Gasteiger partial charge in [0.1, 0.15) is 23.8 Å². The zero-order valence-electron chi connectivity index (χ0n) is 11.1. The van der Waals surface area contributed by atoms with Gasteiger partial charge in [-0.3, -0.25) is 0 Å². The van der Waals surface area contributed by atoms with Crippen LogP contribution in [0.1, 0.15) is 18.9 Å². The minimum atomic E-state index is -0.290. The molecule has 0 radical (unpaired) electrons. The van der Waals surface area contributed by atoms with Crippen molar-refractivity contribution < 1.29 is 4.39 Å². The number of aromatic nitrogens is 2. The highest BCUT2D eigenvalue weighted by molar-refractivity contribution is 5.59. The number of halogens is 1. The van der Waals surface area contributed by atoms with Gasteiger partial charge in [-0.25, -0.2) is 14.4 Å². The third-order valence-electron chi connectivity index (χ3n) is 2.61. The normalized spacial score (nSPS) is 10.3. The van der Waals surface area contributed by atoms with E-state index < -0.39 is 0 Å². The van der Waals surface area contributed by atoms with Gasteiger partial charge in [0.2, 0.25) is 0 Å². The predicted molar refractivity (Wildman–Crippen MR) is 75.2 cm³/mol. The van der Waals surface area contributed by atoms with Crippen LogP contribution in [0.2, 0.25) is 0 Å². The van der Waals surface area contributed by atoms with E-state index in [-0.39, 0.29) is 5.82 Å². The third-order valence-corrected chi connectivity index (χ3v) is 2.61. The second-order valence-electron chi connectivity index (χ2n) is 4.32. The van der Waals surface area contributed by atoms with E-state index in [9.17, 15) is 4.39 Å². The minimum absolute atomic E-state index is 0.290. The van der Waals surface area contributed by atoms with Crippen LogP contribution in [-0.4, -0.2) is 16.5 Å². The van der Waals surface area contributed by atoms with Crippen LogP contribution in [0.25, 0.3) is 0 Å². The first-order valence-electron chi connectivity index (χ1n) is 6.28. The largest absolute Gasteiger partial charge is 0.370 e. The molecule has 0 aliphatic rings. The number of anilines is 3. The lowest BCUT2D eigenvalue weighted by Gasteiger charge is -2.09. The van der Waals surface area contributed by atoms with Crippen molar-refractivity contribution in [3.05, 3.63) is 42.0 Å². The highest BCUT2D eigenvalue weighted by Crippen LogP contribution is 2.20. The van der Waals surface area contributed by atoms with Crippen LogP contribution < -0.4 is 10.6 Å². The summed E-state index contributed by atoms with van der Waals surface area (Å²) < 4.78 is 13.7. The summed E-state index contributed by atoms with van der Waals surface area (Å²) in [7, 11) is 0. The van der Waals surface area contributed by atoms with Gasteiger partial charge in [-0.1, -0.05) is 13.0 Å². The van der Waals surface area contributed by atoms with Gasteiger partial charge in [0.05, 0.1) is 5.69 Å². The number of benzene rings is 1. The van der Waals surface area contributed by atoms with Crippen LogP contribution in [0.5, 0.6) is 0 Å². The quantitative estimate of drug-likeness (QED) is 0.864. The van der Waals surface area contributed by atoms with Crippen molar-refractivity contribution in [3.8, 4) is 0 Å². The molecule has 0 saturated carbocycles. The summed E-state index contributed by atoms with van der Waals surface area (Å²) in [5, 5.41) is 6.11. The Kier molecular flexibility index (Phi) is 4.28. The predicted octanol–water partition coefficient (Wildman–Crippen LogP) is 3.49. The van der Waals surface area contributed by atoms with Crippen LogP contribution in [0.3, 0.4) is 0 Å². The van der Waals surface area contributed by atoms with Crippen LogP contribution in [0, 0.1) is 12.7 Å². The van der Waals surface area contributed by atoms with Gasteiger partial charge in [0, 0.05) is 12.6 Å². The average Bonchev–Trinajstić information content (AvgIpc) is 2.40. The minimum Gasteiger partial charge on any atom is -0.370 e. The SMILES string of the molecule is CCCNc1cc(Nc2ccc(C)cc2F)ncn1. The summed E-state index contributed by atoms with van der Waals surface area (Å²) in [4.78, 5) is 8.18. The van der Waals surface area contributed by atoms with Gasteiger partial charge < -0.3 is 10.6 Å². The summed E-state index contributed by atoms with van der Waals surface area (Å²) in [5.41, 5.74) is 1.29. The van der Waals surface area contributed by atoms with Crippen molar-refractivity contribution >= 4 is 17.3 Å². The molecule has 0 saturated heterocycles. The Bertz CT molecular complexity index is 557. The zero-order chi connectivity index (χ0) is 13.7. The second-order valence-corrected chi connectivity index (χ2v) is 4.32. The average molecular weight is 260 g/mol. The van der Waals surface area contributed by atoms with E-state index >= 15 is 0 Å². The van der Waals surface area contributed by atoms with Crippen molar-refractivity contribution in [2.45, 2.75) is 20.3 Å². The molecular formula is C14H17FN4. The molecule has 1 heterocycles. The van der Waals surface area contributed by atoms with Crippen LogP contribution >= 0.6 is 0 Å². The van der Waals surface area contributed by atoms with Crippen molar-refractivity contribution in [2.75, 3.05) is 17.2 Å². The first-order valence-corrected chi connectivity index (χ1v) is 6.28. The molecule has 4 nitrogen and oxygen atoms in total. The Morgan fingerprint density at radius 3 is 2.68 bits per heavy atom. The van der Waals surface area contributed by atoms with Gasteiger partial charge in [0.25, 0.3) is 0 Å². The Hall–Kier alpha value is -2.17. The molecule has 2 N–H and O–H groups in total. The number of hydrogen-bond acceptors (Lipinski definition) is 4. The molecule has 0 fully saturated rings. The van der Waals surface area contributed by atoms with Crippen molar-refractivity contribution in [1.82, 2.24) is 9.97 Å². The van der Waals surface area contributed by atoms with E-state index in [0.717, 1.165) is 24.3 Å². The fraction of sp³-hybridized carbons (Fsp3) is 0.286. The smallest absolute Gasteiger partial charge is 0.146 e. The van der Waals surface area contributed by atoms with Gasteiger partial charge >= 0.3 is 0 Å². The van der Waals surface area contributed by atoms with E-state index in [2.05, 4.69) is 27.5 Å². The molecule has 2 aromatic rings. The summed E-state index contributed by atoms with van der Waals surface area (Å²) in [5.74, 6) is 1.00. The Morgan fingerprint density at radius 1 is 1.16 bits per heavy atom. The lowest BCUT2D eigenvalue weighted by molar-refractivity contribution is 0.630. The summed E-state index contributed by atoms with van der Waals surface area (Å²) in [6, 6.07) is 6.80. The maximum Gasteiger partial charge on any atom is 0.146 e. The molecule has 0 amide bonds. The number of nitrogens with zero attached hydrogens (tertiary/aromatic N) is 2. The van der Waals surface area contributed by atoms with Crippen molar-refractivity contribution in [2.24, 2.45) is 0 Å². The monoisotopic (exact) mass is 260 g/mol. The second kappa shape index (κ2) is 6.13.